The van der Waals surface area contributed by atoms with Gasteiger partial charge in [0.15, 0.2) is 0 Å². The molecule has 1 amide bonds. The third-order valence-electron chi connectivity index (χ3n) is 4.84. The third-order valence-corrected chi connectivity index (χ3v) is 5.71. The number of carbonyl (C=O) groups excluding carboxylic acids is 1. The van der Waals surface area contributed by atoms with Gasteiger partial charge in [-0.3, -0.25) is 4.79 Å². The maximum atomic E-state index is 13.3. The lowest BCUT2D eigenvalue weighted by molar-refractivity contribution is 0.103. The van der Waals surface area contributed by atoms with Crippen molar-refractivity contribution in [2.45, 2.75) is 0 Å². The Hall–Kier alpha value is -4.10. The molecule has 5 rings (SSSR count). The number of rotatable bonds is 5. The van der Waals surface area contributed by atoms with Crippen molar-refractivity contribution >= 4 is 33.7 Å². The van der Waals surface area contributed by atoms with Crippen molar-refractivity contribution in [3.63, 3.8) is 0 Å². The lowest BCUT2D eigenvalue weighted by Crippen LogP contribution is -2.09. The van der Waals surface area contributed by atoms with Crippen LogP contribution < -0.4 is 10.1 Å². The van der Waals surface area contributed by atoms with Gasteiger partial charge in [0.25, 0.3) is 5.91 Å². The van der Waals surface area contributed by atoms with Crippen molar-refractivity contribution in [2.75, 3.05) is 5.32 Å². The number of carbonyl (C=O) groups is 1. The molecule has 0 bridgehead atoms. The van der Waals surface area contributed by atoms with E-state index in [2.05, 4.69) is 15.5 Å². The van der Waals surface area contributed by atoms with Crippen LogP contribution in [0.5, 0.6) is 11.6 Å². The van der Waals surface area contributed by atoms with Crippen LogP contribution in [0.4, 0.5) is 10.1 Å². The van der Waals surface area contributed by atoms with E-state index in [9.17, 15) is 9.18 Å². The van der Waals surface area contributed by atoms with Crippen LogP contribution in [0.3, 0.4) is 0 Å². The van der Waals surface area contributed by atoms with Gasteiger partial charge in [0.05, 0.1) is 4.88 Å². The number of hydrogen-bond acceptors (Lipinski definition) is 5. The van der Waals surface area contributed by atoms with Crippen LogP contribution in [0.15, 0.2) is 90.3 Å². The summed E-state index contributed by atoms with van der Waals surface area (Å²) >= 11 is 1.39. The molecule has 0 saturated carbocycles. The molecule has 0 saturated heterocycles. The molecule has 0 atom stereocenters. The predicted octanol–water partition coefficient (Wildman–Crippen LogP) is 6.54. The van der Waals surface area contributed by atoms with E-state index in [1.54, 1.807) is 42.5 Å². The number of aromatic nitrogens is 2. The fourth-order valence-electron chi connectivity index (χ4n) is 3.29. The summed E-state index contributed by atoms with van der Waals surface area (Å²) in [5, 5.41) is 15.0. The van der Waals surface area contributed by atoms with Crippen molar-refractivity contribution in [3.05, 3.63) is 101 Å². The van der Waals surface area contributed by atoms with Gasteiger partial charge in [-0.25, -0.2) is 4.39 Å². The van der Waals surface area contributed by atoms with Crippen LogP contribution in [0.1, 0.15) is 9.67 Å². The summed E-state index contributed by atoms with van der Waals surface area (Å²) in [6.07, 6.45) is 0. The first kappa shape index (κ1) is 19.8. The summed E-state index contributed by atoms with van der Waals surface area (Å²) in [4.78, 5) is 12.8. The molecule has 0 radical (unpaired) electrons. The first-order valence-corrected chi connectivity index (χ1v) is 10.7. The zero-order chi connectivity index (χ0) is 21.9. The molecule has 5 aromatic rings. The SMILES string of the molecule is O=C(Nc1ccc(Oc2nnc(-c3ccc(F)cc3)c3ccccc23)cc1)c1cccs1. The van der Waals surface area contributed by atoms with Crippen molar-refractivity contribution in [2.24, 2.45) is 0 Å². The number of fused-ring (bicyclic) bond motifs is 1. The maximum Gasteiger partial charge on any atom is 0.265 e. The number of ether oxygens (including phenoxy) is 1. The molecule has 0 aliphatic rings. The highest BCUT2D eigenvalue weighted by atomic mass is 32.1. The predicted molar refractivity (Wildman–Crippen MR) is 124 cm³/mol. The van der Waals surface area contributed by atoms with Crippen LogP contribution >= 0.6 is 11.3 Å². The van der Waals surface area contributed by atoms with Crippen molar-refractivity contribution in [3.8, 4) is 22.9 Å². The number of amides is 1. The van der Waals surface area contributed by atoms with Crippen LogP contribution in [-0.4, -0.2) is 16.1 Å². The van der Waals surface area contributed by atoms with Crippen molar-refractivity contribution in [1.82, 2.24) is 10.2 Å². The van der Waals surface area contributed by atoms with E-state index < -0.39 is 0 Å². The average molecular weight is 441 g/mol. The second kappa shape index (κ2) is 8.56. The lowest BCUT2D eigenvalue weighted by atomic mass is 10.1. The minimum Gasteiger partial charge on any atom is -0.437 e. The summed E-state index contributed by atoms with van der Waals surface area (Å²) in [7, 11) is 0. The fraction of sp³-hybridized carbons (Fsp3) is 0. The molecule has 5 nitrogen and oxygen atoms in total. The molecule has 156 valence electrons. The Labute approximate surface area is 187 Å². The second-order valence-corrected chi connectivity index (χ2v) is 7.91. The Morgan fingerprint density at radius 2 is 1.59 bits per heavy atom. The Morgan fingerprint density at radius 1 is 0.844 bits per heavy atom. The van der Waals surface area contributed by atoms with E-state index in [-0.39, 0.29) is 11.7 Å². The summed E-state index contributed by atoms with van der Waals surface area (Å²) in [5.41, 5.74) is 2.09. The molecule has 0 aliphatic heterocycles. The summed E-state index contributed by atoms with van der Waals surface area (Å²) in [6.45, 7) is 0. The van der Waals surface area contributed by atoms with Gasteiger partial charge in [-0.15, -0.1) is 21.5 Å². The molecule has 3 aromatic carbocycles. The summed E-state index contributed by atoms with van der Waals surface area (Å²) in [5.74, 6) is 0.470. The Bertz CT molecular complexity index is 1390. The van der Waals surface area contributed by atoms with E-state index in [0.717, 1.165) is 16.3 Å². The quantitative estimate of drug-likeness (QED) is 0.336. The summed E-state index contributed by atoms with van der Waals surface area (Å²) < 4.78 is 19.3. The maximum absolute atomic E-state index is 13.3. The van der Waals surface area contributed by atoms with Gasteiger partial charge >= 0.3 is 0 Å². The summed E-state index contributed by atoms with van der Waals surface area (Å²) in [6, 6.07) is 24.5. The topological polar surface area (TPSA) is 64.1 Å². The van der Waals surface area contributed by atoms with Crippen LogP contribution in [0.2, 0.25) is 0 Å². The van der Waals surface area contributed by atoms with E-state index in [1.165, 1.54) is 23.5 Å². The molecule has 0 spiro atoms. The molecule has 2 aromatic heterocycles. The minimum atomic E-state index is -0.305. The first-order chi connectivity index (χ1) is 15.7. The zero-order valence-electron chi connectivity index (χ0n) is 16.7. The van der Waals surface area contributed by atoms with Gasteiger partial charge in [-0.1, -0.05) is 24.3 Å². The number of thiophene rings is 1. The zero-order valence-corrected chi connectivity index (χ0v) is 17.5. The van der Waals surface area contributed by atoms with E-state index in [1.807, 2.05) is 35.7 Å². The molecule has 32 heavy (non-hydrogen) atoms. The molecule has 7 heteroatoms. The standard InChI is InChI=1S/C25H16FN3O2S/c26-17-9-7-16(8-10-17)23-20-4-1-2-5-21(20)25(29-28-23)31-19-13-11-18(12-14-19)27-24(30)22-6-3-15-32-22/h1-15H,(H,27,30). The minimum absolute atomic E-state index is 0.151. The third kappa shape index (κ3) is 4.06. The number of hydrogen-bond donors (Lipinski definition) is 1. The molecule has 2 heterocycles. The first-order valence-electron chi connectivity index (χ1n) is 9.81. The van der Waals surface area contributed by atoms with E-state index >= 15 is 0 Å². The van der Waals surface area contributed by atoms with Gasteiger partial charge in [-0.05, 0) is 66.0 Å². The van der Waals surface area contributed by atoms with Gasteiger partial charge in [0, 0.05) is 22.0 Å². The molecule has 0 unspecified atom stereocenters. The van der Waals surface area contributed by atoms with Gasteiger partial charge in [0.1, 0.15) is 17.3 Å². The Morgan fingerprint density at radius 3 is 2.31 bits per heavy atom. The Kier molecular flexibility index (Phi) is 5.31. The van der Waals surface area contributed by atoms with E-state index in [4.69, 9.17) is 4.74 Å². The van der Waals surface area contributed by atoms with Crippen molar-refractivity contribution in [1.29, 1.82) is 0 Å². The van der Waals surface area contributed by atoms with Crippen LogP contribution in [0.25, 0.3) is 22.0 Å². The number of nitrogens with one attached hydrogen (secondary N) is 1. The lowest BCUT2D eigenvalue weighted by Gasteiger charge is -2.11. The highest BCUT2D eigenvalue weighted by Crippen LogP contribution is 2.33. The normalized spacial score (nSPS) is 10.8. The van der Waals surface area contributed by atoms with Gasteiger partial charge in [0.2, 0.25) is 5.88 Å². The molecule has 1 N–H and O–H groups in total. The molecular weight excluding hydrogens is 425 g/mol. The molecule has 0 fully saturated rings. The smallest absolute Gasteiger partial charge is 0.265 e. The van der Waals surface area contributed by atoms with Crippen LogP contribution in [0, 0.1) is 5.82 Å². The van der Waals surface area contributed by atoms with Gasteiger partial charge < -0.3 is 10.1 Å². The van der Waals surface area contributed by atoms with Crippen LogP contribution in [-0.2, 0) is 0 Å². The average Bonchev–Trinajstić information content (AvgIpc) is 3.37. The number of benzene rings is 3. The largest absolute Gasteiger partial charge is 0.437 e. The number of nitrogens with zero attached hydrogens (tertiary/aromatic N) is 2. The van der Waals surface area contributed by atoms with Crippen molar-refractivity contribution < 1.29 is 13.9 Å². The van der Waals surface area contributed by atoms with E-state index in [0.29, 0.717) is 27.9 Å². The highest BCUT2D eigenvalue weighted by Gasteiger charge is 2.13. The number of anilines is 1. The molecular formula is C25H16FN3O2S. The fourth-order valence-corrected chi connectivity index (χ4v) is 3.91. The van der Waals surface area contributed by atoms with Gasteiger partial charge in [-0.2, -0.15) is 0 Å². The Balaban J connectivity index is 1.40. The molecule has 0 aliphatic carbocycles. The highest BCUT2D eigenvalue weighted by molar-refractivity contribution is 7.12. The number of halogens is 1. The second-order valence-electron chi connectivity index (χ2n) is 6.96. The monoisotopic (exact) mass is 441 g/mol.